The summed E-state index contributed by atoms with van der Waals surface area (Å²) >= 11 is 7.69. The first-order valence-corrected chi connectivity index (χ1v) is 11.9. The van der Waals surface area contributed by atoms with Gasteiger partial charge in [0.1, 0.15) is 24.4 Å². The van der Waals surface area contributed by atoms with Crippen LogP contribution in [0.3, 0.4) is 0 Å². The molecule has 0 aliphatic carbocycles. The van der Waals surface area contributed by atoms with Crippen LogP contribution < -0.4 is 20.9 Å². The highest BCUT2D eigenvalue weighted by molar-refractivity contribution is 7.99. The van der Waals surface area contributed by atoms with E-state index in [9.17, 15) is 9.59 Å². The normalized spacial score (nSPS) is 13.5. The molecule has 0 bridgehead atoms. The number of benzene rings is 2. The van der Waals surface area contributed by atoms with Crippen molar-refractivity contribution in [2.75, 3.05) is 17.2 Å². The van der Waals surface area contributed by atoms with E-state index in [2.05, 4.69) is 20.3 Å². The van der Waals surface area contributed by atoms with E-state index >= 15 is 0 Å². The number of para-hydroxylation sites is 1. The lowest BCUT2D eigenvalue weighted by atomic mass is 10.2. The standard InChI is InChI=1S/C16H14ClN3O.C7H8N4OS/c1-10(18)15-19-13-9-5-8-12(17)14(13)16(21)20(15)11-6-3-2-4-7-11;1-13-11-4-10-7(12)5-2-8-3-9-6(5)11/h2-10H,18H2,1H3;2-3H,4H2,1H3,(H,10,12). The van der Waals surface area contributed by atoms with Gasteiger partial charge in [0.2, 0.25) is 0 Å². The molecule has 2 aromatic heterocycles. The van der Waals surface area contributed by atoms with Gasteiger partial charge in [0.25, 0.3) is 11.5 Å². The SMILES string of the molecule is CC(N)c1nc2cccc(Cl)c2c(=O)n1-c1ccccc1.CSN1CNC(=O)c2cncnc21. The first-order chi connectivity index (χ1) is 16.4. The number of nitrogens with zero attached hydrogens (tertiary/aromatic N) is 5. The van der Waals surface area contributed by atoms with Crippen molar-refractivity contribution >= 4 is 46.2 Å². The molecule has 0 fully saturated rings. The zero-order chi connectivity index (χ0) is 24.2. The Bertz CT molecular complexity index is 1400. The van der Waals surface area contributed by atoms with E-state index in [0.29, 0.717) is 39.8 Å². The van der Waals surface area contributed by atoms with Crippen LogP contribution in [0.4, 0.5) is 5.82 Å². The fraction of sp³-hybridized carbons (Fsp3) is 0.174. The fourth-order valence-electron chi connectivity index (χ4n) is 3.49. The molecule has 0 saturated carbocycles. The van der Waals surface area contributed by atoms with Crippen LogP contribution in [0.5, 0.6) is 0 Å². The number of carbonyl (C=O) groups is 1. The summed E-state index contributed by atoms with van der Waals surface area (Å²) in [6.07, 6.45) is 4.91. The fourth-order valence-corrected chi connectivity index (χ4v) is 4.25. The van der Waals surface area contributed by atoms with Crippen molar-refractivity contribution in [2.24, 2.45) is 5.73 Å². The van der Waals surface area contributed by atoms with E-state index in [1.54, 1.807) is 25.1 Å². The molecule has 34 heavy (non-hydrogen) atoms. The van der Waals surface area contributed by atoms with Crippen molar-refractivity contribution in [3.05, 3.63) is 87.8 Å². The van der Waals surface area contributed by atoms with Gasteiger partial charge >= 0.3 is 0 Å². The average molecular weight is 496 g/mol. The molecule has 174 valence electrons. The van der Waals surface area contributed by atoms with E-state index in [1.807, 2.05) is 40.9 Å². The minimum absolute atomic E-state index is 0.110. The van der Waals surface area contributed by atoms with Crippen LogP contribution in [0.25, 0.3) is 16.6 Å². The molecule has 2 aromatic carbocycles. The second-order valence-corrected chi connectivity index (χ2v) is 8.57. The number of hydrogen-bond donors (Lipinski definition) is 2. The Morgan fingerprint density at radius 2 is 1.91 bits per heavy atom. The van der Waals surface area contributed by atoms with Crippen molar-refractivity contribution < 1.29 is 4.79 Å². The van der Waals surface area contributed by atoms with E-state index in [0.717, 1.165) is 5.69 Å². The van der Waals surface area contributed by atoms with Gasteiger partial charge in [-0.3, -0.25) is 18.5 Å². The highest BCUT2D eigenvalue weighted by atomic mass is 35.5. The third-order valence-electron chi connectivity index (χ3n) is 5.07. The molecule has 0 radical (unpaired) electrons. The number of carbonyl (C=O) groups excluding carboxylic acids is 1. The van der Waals surface area contributed by atoms with Crippen molar-refractivity contribution in [3.63, 3.8) is 0 Å². The van der Waals surface area contributed by atoms with Crippen LogP contribution in [0.15, 0.2) is 65.8 Å². The second-order valence-electron chi connectivity index (χ2n) is 7.35. The highest BCUT2D eigenvalue weighted by Gasteiger charge is 2.23. The predicted octanol–water partition coefficient (Wildman–Crippen LogP) is 3.32. The lowest BCUT2D eigenvalue weighted by molar-refractivity contribution is 0.0949. The minimum Gasteiger partial charge on any atom is -0.333 e. The molecule has 1 unspecified atom stereocenters. The maximum absolute atomic E-state index is 12.9. The summed E-state index contributed by atoms with van der Waals surface area (Å²) in [7, 11) is 0. The van der Waals surface area contributed by atoms with Crippen molar-refractivity contribution in [2.45, 2.75) is 13.0 Å². The summed E-state index contributed by atoms with van der Waals surface area (Å²) in [6, 6.07) is 14.2. The molecule has 0 spiro atoms. The monoisotopic (exact) mass is 495 g/mol. The molecule has 1 aliphatic rings. The molecular weight excluding hydrogens is 474 g/mol. The number of rotatable bonds is 3. The lowest BCUT2D eigenvalue weighted by Crippen LogP contribution is -2.40. The van der Waals surface area contributed by atoms with E-state index in [1.165, 1.54) is 29.0 Å². The van der Waals surface area contributed by atoms with Crippen molar-refractivity contribution in [1.82, 2.24) is 24.8 Å². The van der Waals surface area contributed by atoms with Crippen LogP contribution in [0.1, 0.15) is 29.1 Å². The molecule has 1 amide bonds. The van der Waals surface area contributed by atoms with Gasteiger partial charge in [0, 0.05) is 12.5 Å². The summed E-state index contributed by atoms with van der Waals surface area (Å²) in [5.41, 5.74) is 7.61. The van der Waals surface area contributed by atoms with E-state index < -0.39 is 0 Å². The minimum atomic E-state index is -0.374. The van der Waals surface area contributed by atoms with Gasteiger partial charge in [-0.05, 0) is 31.2 Å². The summed E-state index contributed by atoms with van der Waals surface area (Å²) in [5.74, 6) is 1.09. The Morgan fingerprint density at radius 1 is 1.15 bits per heavy atom. The third kappa shape index (κ3) is 4.60. The number of hydrogen-bond acceptors (Lipinski definition) is 8. The molecule has 3 N–H and O–H groups in total. The maximum Gasteiger partial charge on any atom is 0.267 e. The summed E-state index contributed by atoms with van der Waals surface area (Å²) in [5, 5.41) is 3.53. The molecular formula is C23H22ClN7O2S. The zero-order valence-electron chi connectivity index (χ0n) is 18.5. The lowest BCUT2D eigenvalue weighted by Gasteiger charge is -2.26. The number of fused-ring (bicyclic) bond motifs is 2. The number of nitrogens with two attached hydrogens (primary N) is 1. The zero-order valence-corrected chi connectivity index (χ0v) is 20.0. The Hall–Kier alpha value is -3.47. The molecule has 0 saturated heterocycles. The van der Waals surface area contributed by atoms with Crippen molar-refractivity contribution in [3.8, 4) is 5.69 Å². The molecule has 4 aromatic rings. The van der Waals surface area contributed by atoms with E-state index in [4.69, 9.17) is 17.3 Å². The maximum atomic E-state index is 12.9. The van der Waals surface area contributed by atoms with Gasteiger partial charge in [0.15, 0.2) is 5.82 Å². The summed E-state index contributed by atoms with van der Waals surface area (Å²) in [6.45, 7) is 2.29. The number of nitrogens with one attached hydrogen (secondary N) is 1. The number of aromatic nitrogens is 4. The van der Waals surface area contributed by atoms with Gasteiger partial charge in [-0.2, -0.15) is 0 Å². The number of amides is 1. The molecule has 1 aliphatic heterocycles. The molecule has 9 nitrogen and oxygen atoms in total. The molecule has 11 heteroatoms. The number of anilines is 1. The quantitative estimate of drug-likeness (QED) is 0.415. The van der Waals surface area contributed by atoms with Crippen molar-refractivity contribution in [1.29, 1.82) is 0 Å². The Morgan fingerprint density at radius 3 is 2.62 bits per heavy atom. The predicted molar refractivity (Wildman–Crippen MR) is 135 cm³/mol. The second kappa shape index (κ2) is 10.2. The first kappa shape index (κ1) is 23.7. The summed E-state index contributed by atoms with van der Waals surface area (Å²) in [4.78, 5) is 36.6. The van der Waals surface area contributed by atoms with Crippen LogP contribution in [-0.2, 0) is 0 Å². The van der Waals surface area contributed by atoms with Crippen LogP contribution in [0.2, 0.25) is 5.02 Å². The molecule has 3 heterocycles. The van der Waals surface area contributed by atoms with Crippen LogP contribution in [0, 0.1) is 0 Å². The highest BCUT2D eigenvalue weighted by Crippen LogP contribution is 2.24. The summed E-state index contributed by atoms with van der Waals surface area (Å²) < 4.78 is 3.43. The van der Waals surface area contributed by atoms with Crippen LogP contribution in [-0.4, -0.2) is 38.4 Å². The smallest absolute Gasteiger partial charge is 0.267 e. The Labute approximate surface area is 205 Å². The van der Waals surface area contributed by atoms with Gasteiger partial charge < -0.3 is 11.1 Å². The van der Waals surface area contributed by atoms with Gasteiger partial charge in [-0.25, -0.2) is 15.0 Å². The average Bonchev–Trinajstić information content (AvgIpc) is 2.85. The topological polar surface area (TPSA) is 119 Å². The van der Waals surface area contributed by atoms with Gasteiger partial charge in [-0.1, -0.05) is 47.8 Å². The first-order valence-electron chi connectivity index (χ1n) is 10.3. The third-order valence-corrected chi connectivity index (χ3v) is 6.13. The molecule has 5 rings (SSSR count). The van der Waals surface area contributed by atoms with Crippen LogP contribution >= 0.6 is 23.5 Å². The van der Waals surface area contributed by atoms with Gasteiger partial charge in [-0.15, -0.1) is 0 Å². The Balaban J connectivity index is 0.000000180. The Kier molecular flexibility index (Phi) is 7.11. The molecule has 1 atom stereocenters. The van der Waals surface area contributed by atoms with E-state index in [-0.39, 0.29) is 17.5 Å². The largest absolute Gasteiger partial charge is 0.333 e. The van der Waals surface area contributed by atoms with Gasteiger partial charge in [0.05, 0.1) is 27.7 Å². The number of halogens is 1.